The Kier molecular flexibility index (Phi) is 3.25. The number of H-pyrrole nitrogens is 1. The fourth-order valence-corrected chi connectivity index (χ4v) is 2.92. The molecule has 1 aromatic carbocycles. The number of aromatic amines is 1. The maximum atomic E-state index is 12.7. The third-order valence-corrected chi connectivity index (χ3v) is 3.98. The van der Waals surface area contributed by atoms with E-state index in [1.165, 1.54) is 6.42 Å². The zero-order valence-electron chi connectivity index (χ0n) is 10.9. The third kappa shape index (κ3) is 2.12. The van der Waals surface area contributed by atoms with Gasteiger partial charge in [0.2, 0.25) is 0 Å². The lowest BCUT2D eigenvalue weighted by Crippen LogP contribution is -2.47. The maximum absolute atomic E-state index is 12.7. The number of carbonyl (C=O) groups is 1. The number of aromatic nitrogens is 1. The Morgan fingerprint density at radius 1 is 1.37 bits per heavy atom. The molecule has 3 rings (SSSR count). The molecule has 2 heterocycles. The van der Waals surface area contributed by atoms with E-state index in [1.54, 1.807) is 0 Å². The number of para-hydroxylation sites is 1. The van der Waals surface area contributed by atoms with Gasteiger partial charge in [-0.15, -0.1) is 0 Å². The summed E-state index contributed by atoms with van der Waals surface area (Å²) in [5, 5.41) is 0.994. The van der Waals surface area contributed by atoms with E-state index >= 15 is 0 Å². The van der Waals surface area contributed by atoms with Crippen LogP contribution in [0.1, 0.15) is 29.6 Å². The van der Waals surface area contributed by atoms with E-state index in [2.05, 4.69) is 4.98 Å². The predicted octanol–water partition coefficient (Wildman–Crippen LogP) is 2.12. The topological polar surface area (TPSA) is 62.1 Å². The van der Waals surface area contributed by atoms with E-state index in [4.69, 9.17) is 5.73 Å². The van der Waals surface area contributed by atoms with Crippen LogP contribution < -0.4 is 5.73 Å². The summed E-state index contributed by atoms with van der Waals surface area (Å²) >= 11 is 0. The van der Waals surface area contributed by atoms with Gasteiger partial charge in [-0.1, -0.05) is 18.2 Å². The van der Waals surface area contributed by atoms with Gasteiger partial charge in [0.15, 0.2) is 0 Å². The Balaban J connectivity index is 1.94. The van der Waals surface area contributed by atoms with E-state index < -0.39 is 0 Å². The molecule has 1 amide bonds. The van der Waals surface area contributed by atoms with Gasteiger partial charge in [-0.3, -0.25) is 4.79 Å². The summed E-state index contributed by atoms with van der Waals surface area (Å²) in [6.07, 6.45) is 5.07. The van der Waals surface area contributed by atoms with Gasteiger partial charge in [0, 0.05) is 36.2 Å². The van der Waals surface area contributed by atoms with Gasteiger partial charge in [0.25, 0.3) is 5.91 Å². The van der Waals surface area contributed by atoms with Crippen molar-refractivity contribution in [1.29, 1.82) is 0 Å². The van der Waals surface area contributed by atoms with Gasteiger partial charge < -0.3 is 15.6 Å². The average Bonchev–Trinajstić information content (AvgIpc) is 2.90. The summed E-state index contributed by atoms with van der Waals surface area (Å²) in [6, 6.07) is 8.10. The molecule has 0 saturated carbocycles. The van der Waals surface area contributed by atoms with Crippen molar-refractivity contribution in [3.63, 3.8) is 0 Å². The predicted molar refractivity (Wildman–Crippen MR) is 76.0 cm³/mol. The lowest BCUT2D eigenvalue weighted by atomic mass is 10.0. The molecule has 2 aromatic rings. The molecule has 0 radical (unpaired) electrons. The highest BCUT2D eigenvalue weighted by Gasteiger charge is 2.27. The number of hydrogen-bond acceptors (Lipinski definition) is 2. The van der Waals surface area contributed by atoms with Crippen molar-refractivity contribution in [3.8, 4) is 0 Å². The molecule has 1 aliphatic heterocycles. The quantitative estimate of drug-likeness (QED) is 0.865. The minimum absolute atomic E-state index is 0.104. The molecule has 0 bridgehead atoms. The summed E-state index contributed by atoms with van der Waals surface area (Å²) in [5.41, 5.74) is 7.56. The molecule has 1 unspecified atom stereocenters. The number of rotatable bonds is 2. The highest BCUT2D eigenvalue weighted by atomic mass is 16.2. The van der Waals surface area contributed by atoms with Crippen LogP contribution in [0.5, 0.6) is 0 Å². The fraction of sp³-hybridized carbons (Fsp3) is 0.400. The van der Waals surface area contributed by atoms with Crippen LogP contribution in [0.25, 0.3) is 10.9 Å². The number of fused-ring (bicyclic) bond motifs is 1. The molecule has 3 N–H and O–H groups in total. The second-order valence-electron chi connectivity index (χ2n) is 5.13. The van der Waals surface area contributed by atoms with Crippen LogP contribution in [0.2, 0.25) is 0 Å². The van der Waals surface area contributed by atoms with Gasteiger partial charge in [-0.2, -0.15) is 0 Å². The summed E-state index contributed by atoms with van der Waals surface area (Å²) in [5.74, 6) is 0.104. The van der Waals surface area contributed by atoms with Gasteiger partial charge in [-0.25, -0.2) is 0 Å². The Hall–Kier alpha value is -1.81. The Labute approximate surface area is 112 Å². The summed E-state index contributed by atoms with van der Waals surface area (Å²) in [6.45, 7) is 1.37. The molecule has 1 aromatic heterocycles. The second-order valence-corrected chi connectivity index (χ2v) is 5.13. The van der Waals surface area contributed by atoms with E-state index in [0.29, 0.717) is 6.54 Å². The summed E-state index contributed by atoms with van der Waals surface area (Å²) in [7, 11) is 0. The monoisotopic (exact) mass is 257 g/mol. The van der Waals surface area contributed by atoms with Crippen molar-refractivity contribution in [2.45, 2.75) is 25.3 Å². The standard InChI is InChI=1S/C15H19N3O/c16-9-11-5-3-4-8-18(11)15(19)13-10-17-14-7-2-1-6-12(13)14/h1-2,6-7,10-11,17H,3-5,8-9,16H2. The number of benzene rings is 1. The van der Waals surface area contributed by atoms with Crippen molar-refractivity contribution < 1.29 is 4.79 Å². The van der Waals surface area contributed by atoms with Gasteiger partial charge >= 0.3 is 0 Å². The number of hydrogen-bond donors (Lipinski definition) is 2. The largest absolute Gasteiger partial charge is 0.360 e. The normalized spacial score (nSPS) is 19.8. The minimum atomic E-state index is 0.104. The third-order valence-electron chi connectivity index (χ3n) is 3.98. The number of nitrogens with one attached hydrogen (secondary N) is 1. The molecule has 4 heteroatoms. The second kappa shape index (κ2) is 5.05. The molecule has 1 atom stereocenters. The lowest BCUT2D eigenvalue weighted by Gasteiger charge is -2.35. The van der Waals surface area contributed by atoms with E-state index in [1.807, 2.05) is 35.4 Å². The SMILES string of the molecule is NCC1CCCCN1C(=O)c1c[nH]c2ccccc12. The molecule has 1 saturated heterocycles. The molecule has 100 valence electrons. The zero-order valence-corrected chi connectivity index (χ0v) is 10.9. The molecule has 19 heavy (non-hydrogen) atoms. The first-order valence-corrected chi connectivity index (χ1v) is 6.88. The van der Waals surface area contributed by atoms with Crippen molar-refractivity contribution in [2.75, 3.05) is 13.1 Å². The molecular formula is C15H19N3O. The fourth-order valence-electron chi connectivity index (χ4n) is 2.92. The number of nitrogens with zero attached hydrogens (tertiary/aromatic N) is 1. The first-order valence-electron chi connectivity index (χ1n) is 6.88. The van der Waals surface area contributed by atoms with Crippen LogP contribution in [0, 0.1) is 0 Å². The molecule has 4 nitrogen and oxygen atoms in total. The van der Waals surface area contributed by atoms with E-state index in [-0.39, 0.29) is 11.9 Å². The molecule has 1 fully saturated rings. The first-order chi connectivity index (χ1) is 9.31. The molecule has 0 spiro atoms. The molecule has 1 aliphatic rings. The van der Waals surface area contributed by atoms with Crippen molar-refractivity contribution in [3.05, 3.63) is 36.0 Å². The highest BCUT2D eigenvalue weighted by Crippen LogP contribution is 2.23. The first kappa shape index (κ1) is 12.2. The molecular weight excluding hydrogens is 238 g/mol. The summed E-state index contributed by atoms with van der Waals surface area (Å²) < 4.78 is 0. The lowest BCUT2D eigenvalue weighted by molar-refractivity contribution is 0.0625. The zero-order chi connectivity index (χ0) is 13.2. The van der Waals surface area contributed by atoms with Crippen LogP contribution in [0.3, 0.4) is 0 Å². The highest BCUT2D eigenvalue weighted by molar-refractivity contribution is 6.06. The minimum Gasteiger partial charge on any atom is -0.360 e. The number of nitrogens with two attached hydrogens (primary N) is 1. The van der Waals surface area contributed by atoms with E-state index in [0.717, 1.165) is 35.9 Å². The van der Waals surface area contributed by atoms with Crippen molar-refractivity contribution in [2.24, 2.45) is 5.73 Å². The Morgan fingerprint density at radius 3 is 3.05 bits per heavy atom. The molecule has 0 aliphatic carbocycles. The van der Waals surface area contributed by atoms with E-state index in [9.17, 15) is 4.79 Å². The smallest absolute Gasteiger partial charge is 0.256 e. The van der Waals surface area contributed by atoms with Crippen LogP contribution in [0.4, 0.5) is 0 Å². The average molecular weight is 257 g/mol. The number of carbonyl (C=O) groups excluding carboxylic acids is 1. The van der Waals surface area contributed by atoms with Gasteiger partial charge in [0.05, 0.1) is 5.56 Å². The van der Waals surface area contributed by atoms with Crippen molar-refractivity contribution in [1.82, 2.24) is 9.88 Å². The van der Waals surface area contributed by atoms with Crippen LogP contribution in [0.15, 0.2) is 30.5 Å². The van der Waals surface area contributed by atoms with Crippen LogP contribution in [-0.4, -0.2) is 34.9 Å². The van der Waals surface area contributed by atoms with Gasteiger partial charge in [-0.05, 0) is 25.3 Å². The van der Waals surface area contributed by atoms with Crippen LogP contribution >= 0.6 is 0 Å². The van der Waals surface area contributed by atoms with Crippen LogP contribution in [-0.2, 0) is 0 Å². The Morgan fingerprint density at radius 2 is 2.21 bits per heavy atom. The Bertz CT molecular complexity index is 590. The van der Waals surface area contributed by atoms with Crippen molar-refractivity contribution >= 4 is 16.8 Å². The number of likely N-dealkylation sites (tertiary alicyclic amines) is 1. The summed E-state index contributed by atoms with van der Waals surface area (Å²) in [4.78, 5) is 17.8. The van der Waals surface area contributed by atoms with Gasteiger partial charge in [0.1, 0.15) is 0 Å². The number of amides is 1. The number of piperidine rings is 1. The maximum Gasteiger partial charge on any atom is 0.256 e.